The van der Waals surface area contributed by atoms with Gasteiger partial charge in [-0.3, -0.25) is 4.90 Å². The highest BCUT2D eigenvalue weighted by Gasteiger charge is 2.27. The monoisotopic (exact) mass is 365 g/mol. The van der Waals surface area contributed by atoms with Crippen molar-refractivity contribution in [2.45, 2.75) is 26.7 Å². The van der Waals surface area contributed by atoms with E-state index >= 15 is 0 Å². The van der Waals surface area contributed by atoms with E-state index in [9.17, 15) is 0 Å². The van der Waals surface area contributed by atoms with Crippen LogP contribution in [0.1, 0.15) is 22.5 Å². The van der Waals surface area contributed by atoms with E-state index < -0.39 is 0 Å². The molecule has 0 aliphatic carbocycles. The zero-order valence-electron chi connectivity index (χ0n) is 16.3. The number of para-hydroxylation sites is 1. The minimum atomic E-state index is 0.948. The number of fused-ring (bicyclic) bond motifs is 2. The van der Waals surface area contributed by atoms with Crippen LogP contribution in [0.25, 0.3) is 11.1 Å². The molecule has 1 aliphatic heterocycles. The molecule has 0 amide bonds. The van der Waals surface area contributed by atoms with Crippen molar-refractivity contribution in [1.29, 1.82) is 0 Å². The molecule has 0 fully saturated rings. The first-order valence-corrected chi connectivity index (χ1v) is 9.84. The highest BCUT2D eigenvalue weighted by atomic mass is 16.4. The maximum absolute atomic E-state index is 6.26. The van der Waals surface area contributed by atoms with Crippen LogP contribution >= 0.6 is 0 Å². The molecule has 2 heterocycles. The number of hydrogen-bond donors (Lipinski definition) is 0. The summed E-state index contributed by atoms with van der Waals surface area (Å²) in [6.45, 7) is 4.20. The SMILES string of the molecule is Cc1ccc2c(c1)CCc1cc(C)oc1N2c1ccccc1-c1ccccc1. The van der Waals surface area contributed by atoms with Gasteiger partial charge in [-0.25, -0.2) is 0 Å². The Balaban J connectivity index is 1.79. The fourth-order valence-corrected chi connectivity index (χ4v) is 4.20. The van der Waals surface area contributed by atoms with Gasteiger partial charge < -0.3 is 4.42 Å². The fourth-order valence-electron chi connectivity index (χ4n) is 4.20. The van der Waals surface area contributed by atoms with E-state index in [-0.39, 0.29) is 0 Å². The summed E-state index contributed by atoms with van der Waals surface area (Å²) in [4.78, 5) is 2.31. The van der Waals surface area contributed by atoms with Crippen molar-refractivity contribution in [1.82, 2.24) is 0 Å². The first-order chi connectivity index (χ1) is 13.7. The van der Waals surface area contributed by atoms with Gasteiger partial charge in [0.25, 0.3) is 0 Å². The van der Waals surface area contributed by atoms with E-state index in [1.807, 2.05) is 6.92 Å². The summed E-state index contributed by atoms with van der Waals surface area (Å²) in [5.41, 5.74) is 8.71. The summed E-state index contributed by atoms with van der Waals surface area (Å²) in [6, 6.07) is 28.1. The maximum Gasteiger partial charge on any atom is 0.207 e. The van der Waals surface area contributed by atoms with Gasteiger partial charge in [-0.15, -0.1) is 0 Å². The summed E-state index contributed by atoms with van der Waals surface area (Å²) < 4.78 is 6.26. The van der Waals surface area contributed by atoms with Gasteiger partial charge in [0.2, 0.25) is 5.88 Å². The molecule has 1 aromatic heterocycles. The topological polar surface area (TPSA) is 16.4 Å². The number of furan rings is 1. The average molecular weight is 365 g/mol. The second kappa shape index (κ2) is 6.72. The van der Waals surface area contributed by atoms with Crippen LogP contribution in [0, 0.1) is 13.8 Å². The molecule has 0 N–H and O–H groups in total. The van der Waals surface area contributed by atoms with Gasteiger partial charge in [-0.2, -0.15) is 0 Å². The summed E-state index contributed by atoms with van der Waals surface area (Å²) in [7, 11) is 0. The Morgan fingerprint density at radius 3 is 2.32 bits per heavy atom. The number of rotatable bonds is 2. The van der Waals surface area contributed by atoms with Gasteiger partial charge in [0, 0.05) is 11.1 Å². The number of anilines is 3. The lowest BCUT2D eigenvalue weighted by Crippen LogP contribution is -2.12. The first kappa shape index (κ1) is 16.9. The van der Waals surface area contributed by atoms with Crippen LogP contribution in [0.3, 0.4) is 0 Å². The van der Waals surface area contributed by atoms with Gasteiger partial charge in [0.05, 0.1) is 11.4 Å². The van der Waals surface area contributed by atoms with Crippen molar-refractivity contribution in [2.24, 2.45) is 0 Å². The molecule has 2 nitrogen and oxygen atoms in total. The highest BCUT2D eigenvalue weighted by Crippen LogP contribution is 2.46. The molecule has 0 saturated heterocycles. The molecule has 0 atom stereocenters. The summed E-state index contributed by atoms with van der Waals surface area (Å²) in [5.74, 6) is 1.91. The molecule has 0 unspecified atom stereocenters. The van der Waals surface area contributed by atoms with Crippen LogP contribution in [0.2, 0.25) is 0 Å². The van der Waals surface area contributed by atoms with Crippen LogP contribution in [-0.2, 0) is 12.8 Å². The van der Waals surface area contributed by atoms with Crippen LogP contribution in [0.4, 0.5) is 17.3 Å². The lowest BCUT2D eigenvalue weighted by molar-refractivity contribution is 0.540. The Labute approximate surface area is 166 Å². The molecule has 0 bridgehead atoms. The molecule has 28 heavy (non-hydrogen) atoms. The summed E-state index contributed by atoms with van der Waals surface area (Å²) in [6.07, 6.45) is 2.01. The largest absolute Gasteiger partial charge is 0.445 e. The van der Waals surface area contributed by atoms with E-state index in [2.05, 4.69) is 90.7 Å². The Bertz CT molecular complexity index is 1140. The third-order valence-electron chi connectivity index (χ3n) is 5.48. The van der Waals surface area contributed by atoms with E-state index in [1.54, 1.807) is 0 Å². The van der Waals surface area contributed by atoms with Crippen molar-refractivity contribution in [3.05, 3.63) is 101 Å². The third kappa shape index (κ3) is 2.82. The lowest BCUT2D eigenvalue weighted by atomic mass is 10.0. The van der Waals surface area contributed by atoms with E-state index in [0.29, 0.717) is 0 Å². The van der Waals surface area contributed by atoms with Crippen molar-refractivity contribution in [2.75, 3.05) is 4.90 Å². The molecule has 3 aromatic carbocycles. The standard InChI is InChI=1S/C26H23NO/c1-18-12-15-24-21(16-18)13-14-22-17-19(2)28-26(22)27(24)25-11-7-6-10-23(25)20-8-4-3-5-9-20/h3-12,15-17H,13-14H2,1-2H3. The lowest BCUT2D eigenvalue weighted by Gasteiger charge is -2.27. The Hall–Kier alpha value is -3.26. The van der Waals surface area contributed by atoms with E-state index in [0.717, 1.165) is 30.2 Å². The van der Waals surface area contributed by atoms with Crippen molar-refractivity contribution in [3.8, 4) is 11.1 Å². The van der Waals surface area contributed by atoms with E-state index in [1.165, 1.54) is 33.5 Å². The molecular weight excluding hydrogens is 342 g/mol. The molecule has 1 aliphatic rings. The number of benzene rings is 3. The Morgan fingerprint density at radius 1 is 0.714 bits per heavy atom. The van der Waals surface area contributed by atoms with Crippen LogP contribution in [0.15, 0.2) is 83.3 Å². The predicted octanol–water partition coefficient (Wildman–Crippen LogP) is 7.13. The maximum atomic E-state index is 6.26. The minimum Gasteiger partial charge on any atom is -0.445 e. The number of aryl methyl sites for hydroxylation is 4. The molecule has 2 heteroatoms. The Morgan fingerprint density at radius 2 is 1.46 bits per heavy atom. The predicted molar refractivity (Wildman–Crippen MR) is 116 cm³/mol. The number of hydrogen-bond acceptors (Lipinski definition) is 2. The second-order valence-electron chi connectivity index (χ2n) is 7.54. The van der Waals surface area contributed by atoms with Gasteiger partial charge >= 0.3 is 0 Å². The molecule has 0 spiro atoms. The van der Waals surface area contributed by atoms with Gasteiger partial charge in [-0.05, 0) is 56.0 Å². The normalized spacial score (nSPS) is 13.0. The quantitative estimate of drug-likeness (QED) is 0.375. The summed E-state index contributed by atoms with van der Waals surface area (Å²) >= 11 is 0. The van der Waals surface area contributed by atoms with Crippen LogP contribution in [-0.4, -0.2) is 0 Å². The first-order valence-electron chi connectivity index (χ1n) is 9.84. The van der Waals surface area contributed by atoms with Crippen molar-refractivity contribution < 1.29 is 4.42 Å². The molecule has 0 saturated carbocycles. The zero-order chi connectivity index (χ0) is 19.1. The average Bonchev–Trinajstić information content (AvgIpc) is 3.02. The van der Waals surface area contributed by atoms with Gasteiger partial charge in [0.15, 0.2) is 0 Å². The minimum absolute atomic E-state index is 0.948. The molecule has 4 aromatic rings. The summed E-state index contributed by atoms with van der Waals surface area (Å²) in [5, 5.41) is 0. The van der Waals surface area contributed by atoms with Crippen LogP contribution < -0.4 is 4.90 Å². The molecule has 0 radical (unpaired) electrons. The Kier molecular flexibility index (Phi) is 4.05. The molecule has 138 valence electrons. The second-order valence-corrected chi connectivity index (χ2v) is 7.54. The fraction of sp³-hybridized carbons (Fsp3) is 0.154. The molecular formula is C26H23NO. The zero-order valence-corrected chi connectivity index (χ0v) is 16.3. The third-order valence-corrected chi connectivity index (χ3v) is 5.48. The number of nitrogens with zero attached hydrogens (tertiary/aromatic N) is 1. The molecule has 5 rings (SSSR count). The van der Waals surface area contributed by atoms with E-state index in [4.69, 9.17) is 4.42 Å². The smallest absolute Gasteiger partial charge is 0.207 e. The van der Waals surface area contributed by atoms with Crippen LogP contribution in [0.5, 0.6) is 0 Å². The van der Waals surface area contributed by atoms with Gasteiger partial charge in [0.1, 0.15) is 5.76 Å². The van der Waals surface area contributed by atoms with Crippen molar-refractivity contribution >= 4 is 17.3 Å². The van der Waals surface area contributed by atoms with Crippen molar-refractivity contribution in [3.63, 3.8) is 0 Å². The van der Waals surface area contributed by atoms with Gasteiger partial charge in [-0.1, -0.05) is 66.2 Å². The highest BCUT2D eigenvalue weighted by molar-refractivity contribution is 5.88.